The van der Waals surface area contributed by atoms with Crippen LogP contribution in [0.1, 0.15) is 22.6 Å². The molecule has 0 aliphatic rings. The molecule has 0 spiro atoms. The summed E-state index contributed by atoms with van der Waals surface area (Å²) in [5.74, 6) is 1.24. The lowest BCUT2D eigenvalue weighted by Crippen LogP contribution is -2.05. The van der Waals surface area contributed by atoms with Gasteiger partial charge >= 0.3 is 0 Å². The van der Waals surface area contributed by atoms with E-state index in [1.54, 1.807) is 7.11 Å². The highest BCUT2D eigenvalue weighted by Crippen LogP contribution is 2.30. The predicted molar refractivity (Wildman–Crippen MR) is 91.4 cm³/mol. The van der Waals surface area contributed by atoms with Gasteiger partial charge in [-0.05, 0) is 35.2 Å². The highest BCUT2D eigenvalue weighted by atomic mass is 16.5. The van der Waals surface area contributed by atoms with Gasteiger partial charge in [0.1, 0.15) is 5.75 Å². The van der Waals surface area contributed by atoms with Crippen molar-refractivity contribution in [1.29, 1.82) is 0 Å². The number of ether oxygens (including phenoxy) is 1. The van der Waals surface area contributed by atoms with Crippen molar-refractivity contribution in [1.82, 2.24) is 0 Å². The molecule has 1 atom stereocenters. The SMILES string of the molecule is COc1cccc(C(Cc2ccccc2)c2ccccc2)c1. The predicted octanol–water partition coefficient (Wildman–Crippen LogP) is 5.07. The van der Waals surface area contributed by atoms with E-state index in [9.17, 15) is 0 Å². The van der Waals surface area contributed by atoms with Crippen molar-refractivity contribution < 1.29 is 4.74 Å². The van der Waals surface area contributed by atoms with Gasteiger partial charge in [-0.1, -0.05) is 72.8 Å². The lowest BCUT2D eigenvalue weighted by Gasteiger charge is -2.19. The zero-order valence-corrected chi connectivity index (χ0v) is 12.8. The van der Waals surface area contributed by atoms with Crippen LogP contribution in [0.2, 0.25) is 0 Å². The molecule has 0 heterocycles. The standard InChI is InChI=1S/C21H20O/c1-22-20-14-8-13-19(16-20)21(18-11-6-3-7-12-18)15-17-9-4-2-5-10-17/h2-14,16,21H,15H2,1H3. The Balaban J connectivity index is 1.99. The quantitative estimate of drug-likeness (QED) is 0.637. The molecule has 0 fully saturated rings. The first kappa shape index (κ1) is 14.4. The molecule has 0 bridgehead atoms. The van der Waals surface area contributed by atoms with Gasteiger partial charge in [-0.3, -0.25) is 0 Å². The first-order valence-electron chi connectivity index (χ1n) is 7.59. The summed E-state index contributed by atoms with van der Waals surface area (Å²) in [5, 5.41) is 0. The van der Waals surface area contributed by atoms with Crippen molar-refractivity contribution in [2.75, 3.05) is 7.11 Å². The highest BCUT2D eigenvalue weighted by molar-refractivity contribution is 5.38. The van der Waals surface area contributed by atoms with Gasteiger partial charge < -0.3 is 4.74 Å². The van der Waals surface area contributed by atoms with E-state index in [0.717, 1.165) is 12.2 Å². The minimum Gasteiger partial charge on any atom is -0.497 e. The molecule has 1 unspecified atom stereocenters. The van der Waals surface area contributed by atoms with Crippen LogP contribution in [0.25, 0.3) is 0 Å². The van der Waals surface area contributed by atoms with Crippen LogP contribution in [0.15, 0.2) is 84.9 Å². The van der Waals surface area contributed by atoms with E-state index in [1.165, 1.54) is 16.7 Å². The molecule has 3 aromatic carbocycles. The third-order valence-corrected chi connectivity index (χ3v) is 3.98. The molecule has 3 aromatic rings. The first-order valence-corrected chi connectivity index (χ1v) is 7.59. The average molecular weight is 288 g/mol. The highest BCUT2D eigenvalue weighted by Gasteiger charge is 2.15. The fraction of sp³-hybridized carbons (Fsp3) is 0.143. The lowest BCUT2D eigenvalue weighted by atomic mass is 9.86. The monoisotopic (exact) mass is 288 g/mol. The summed E-state index contributed by atoms with van der Waals surface area (Å²) in [4.78, 5) is 0. The number of hydrogen-bond donors (Lipinski definition) is 0. The van der Waals surface area contributed by atoms with E-state index in [1.807, 2.05) is 6.07 Å². The van der Waals surface area contributed by atoms with E-state index in [-0.39, 0.29) is 0 Å². The zero-order valence-electron chi connectivity index (χ0n) is 12.8. The van der Waals surface area contributed by atoms with Gasteiger partial charge in [0, 0.05) is 5.92 Å². The summed E-state index contributed by atoms with van der Waals surface area (Å²) in [6.07, 6.45) is 0.984. The Bertz CT molecular complexity index is 704. The van der Waals surface area contributed by atoms with Crippen molar-refractivity contribution in [2.45, 2.75) is 12.3 Å². The Morgan fingerprint density at radius 2 is 1.36 bits per heavy atom. The van der Waals surface area contributed by atoms with Crippen LogP contribution in [0.5, 0.6) is 5.75 Å². The number of rotatable bonds is 5. The minimum atomic E-state index is 0.332. The van der Waals surface area contributed by atoms with Gasteiger partial charge in [0.2, 0.25) is 0 Å². The van der Waals surface area contributed by atoms with Gasteiger partial charge in [-0.15, -0.1) is 0 Å². The average Bonchev–Trinajstić information content (AvgIpc) is 2.61. The third-order valence-electron chi connectivity index (χ3n) is 3.98. The molecule has 0 radical (unpaired) electrons. The Morgan fingerprint density at radius 1 is 0.727 bits per heavy atom. The van der Waals surface area contributed by atoms with Gasteiger partial charge in [-0.2, -0.15) is 0 Å². The Labute approximate surface area is 132 Å². The van der Waals surface area contributed by atoms with Crippen molar-refractivity contribution in [3.63, 3.8) is 0 Å². The minimum absolute atomic E-state index is 0.332. The second kappa shape index (κ2) is 6.95. The summed E-state index contributed by atoms with van der Waals surface area (Å²) in [6.45, 7) is 0. The van der Waals surface area contributed by atoms with Crippen LogP contribution < -0.4 is 4.74 Å². The summed E-state index contributed by atoms with van der Waals surface area (Å²) in [7, 11) is 1.72. The normalized spacial score (nSPS) is 11.9. The Kier molecular flexibility index (Phi) is 4.55. The summed E-state index contributed by atoms with van der Waals surface area (Å²) in [5.41, 5.74) is 3.97. The third kappa shape index (κ3) is 3.37. The maximum absolute atomic E-state index is 5.39. The van der Waals surface area contributed by atoms with Crippen LogP contribution in [0.4, 0.5) is 0 Å². The fourth-order valence-electron chi connectivity index (χ4n) is 2.82. The Hall–Kier alpha value is -2.54. The molecule has 110 valence electrons. The van der Waals surface area contributed by atoms with Crippen LogP contribution in [-0.2, 0) is 6.42 Å². The fourth-order valence-corrected chi connectivity index (χ4v) is 2.82. The second-order valence-corrected chi connectivity index (χ2v) is 5.43. The number of hydrogen-bond acceptors (Lipinski definition) is 1. The summed E-state index contributed by atoms with van der Waals surface area (Å²) < 4.78 is 5.39. The van der Waals surface area contributed by atoms with Gasteiger partial charge in [0.05, 0.1) is 7.11 Å². The van der Waals surface area contributed by atoms with E-state index in [4.69, 9.17) is 4.74 Å². The van der Waals surface area contributed by atoms with Crippen molar-refractivity contribution in [3.05, 3.63) is 102 Å². The maximum Gasteiger partial charge on any atom is 0.119 e. The zero-order chi connectivity index (χ0) is 15.2. The molecule has 22 heavy (non-hydrogen) atoms. The molecular formula is C21H20O. The lowest BCUT2D eigenvalue weighted by molar-refractivity contribution is 0.414. The maximum atomic E-state index is 5.39. The summed E-state index contributed by atoms with van der Waals surface area (Å²) in [6, 6.07) is 29.7. The van der Waals surface area contributed by atoms with Crippen LogP contribution in [-0.4, -0.2) is 7.11 Å². The van der Waals surface area contributed by atoms with E-state index < -0.39 is 0 Å². The van der Waals surface area contributed by atoms with Gasteiger partial charge in [-0.25, -0.2) is 0 Å². The van der Waals surface area contributed by atoms with Crippen LogP contribution in [0, 0.1) is 0 Å². The molecule has 0 amide bonds. The molecular weight excluding hydrogens is 268 g/mol. The van der Waals surface area contributed by atoms with E-state index >= 15 is 0 Å². The van der Waals surface area contributed by atoms with Gasteiger partial charge in [0.15, 0.2) is 0 Å². The van der Waals surface area contributed by atoms with E-state index in [0.29, 0.717) is 5.92 Å². The van der Waals surface area contributed by atoms with Crippen molar-refractivity contribution >= 4 is 0 Å². The number of benzene rings is 3. The molecule has 0 aliphatic carbocycles. The molecule has 0 aromatic heterocycles. The molecule has 1 heteroatoms. The van der Waals surface area contributed by atoms with Crippen molar-refractivity contribution in [3.8, 4) is 5.75 Å². The topological polar surface area (TPSA) is 9.23 Å². The van der Waals surface area contributed by atoms with Crippen molar-refractivity contribution in [2.24, 2.45) is 0 Å². The Morgan fingerprint density at radius 3 is 2.05 bits per heavy atom. The molecule has 3 rings (SSSR count). The first-order chi connectivity index (χ1) is 10.9. The van der Waals surface area contributed by atoms with E-state index in [2.05, 4.69) is 78.9 Å². The summed E-state index contributed by atoms with van der Waals surface area (Å²) >= 11 is 0. The van der Waals surface area contributed by atoms with Crippen LogP contribution >= 0.6 is 0 Å². The van der Waals surface area contributed by atoms with Gasteiger partial charge in [0.25, 0.3) is 0 Å². The molecule has 0 aliphatic heterocycles. The second-order valence-electron chi connectivity index (χ2n) is 5.43. The molecule has 0 saturated heterocycles. The van der Waals surface area contributed by atoms with Crippen LogP contribution in [0.3, 0.4) is 0 Å². The molecule has 1 nitrogen and oxygen atoms in total. The molecule has 0 N–H and O–H groups in total. The number of methoxy groups -OCH3 is 1. The molecule has 0 saturated carbocycles. The smallest absolute Gasteiger partial charge is 0.119 e. The largest absolute Gasteiger partial charge is 0.497 e.